The zero-order valence-corrected chi connectivity index (χ0v) is 15.3. The molecule has 3 rings (SSSR count). The third-order valence-electron chi connectivity index (χ3n) is 4.53. The molecule has 1 unspecified atom stereocenters. The zero-order valence-electron chi connectivity index (χ0n) is 15.3. The van der Waals surface area contributed by atoms with E-state index in [-0.39, 0.29) is 12.1 Å². The van der Waals surface area contributed by atoms with Gasteiger partial charge in [0.05, 0.1) is 19.8 Å². The van der Waals surface area contributed by atoms with Gasteiger partial charge < -0.3 is 19.7 Å². The van der Waals surface area contributed by atoms with Gasteiger partial charge in [0.1, 0.15) is 5.75 Å². The van der Waals surface area contributed by atoms with E-state index >= 15 is 0 Å². The predicted octanol–water partition coefficient (Wildman–Crippen LogP) is 3.54. The average molecular weight is 355 g/mol. The molecule has 2 heterocycles. The van der Waals surface area contributed by atoms with E-state index in [0.717, 1.165) is 36.3 Å². The molecule has 1 aromatic heterocycles. The smallest absolute Gasteiger partial charge is 0.318 e. The normalized spacial score (nSPS) is 16.4. The van der Waals surface area contributed by atoms with Gasteiger partial charge in [-0.1, -0.05) is 12.1 Å². The van der Waals surface area contributed by atoms with Crippen LogP contribution in [0.5, 0.6) is 11.6 Å². The summed E-state index contributed by atoms with van der Waals surface area (Å²) in [5.74, 6) is 1.39. The molecule has 1 aliphatic heterocycles. The van der Waals surface area contributed by atoms with Gasteiger partial charge >= 0.3 is 6.03 Å². The first-order chi connectivity index (χ1) is 12.7. The summed E-state index contributed by atoms with van der Waals surface area (Å²) < 4.78 is 10.7. The number of likely N-dealkylation sites (tertiary alicyclic amines) is 1. The van der Waals surface area contributed by atoms with Crippen LogP contribution in [0.1, 0.15) is 36.9 Å². The summed E-state index contributed by atoms with van der Waals surface area (Å²) in [4.78, 5) is 18.8. The van der Waals surface area contributed by atoms with E-state index in [2.05, 4.69) is 16.4 Å². The number of carbonyl (C=O) groups is 1. The number of amides is 2. The second kappa shape index (κ2) is 8.56. The van der Waals surface area contributed by atoms with Crippen molar-refractivity contribution in [3.63, 3.8) is 0 Å². The zero-order chi connectivity index (χ0) is 18.4. The molecule has 138 valence electrons. The van der Waals surface area contributed by atoms with Crippen LogP contribution in [0.3, 0.4) is 0 Å². The van der Waals surface area contributed by atoms with E-state index in [1.807, 2.05) is 42.2 Å². The second-order valence-corrected chi connectivity index (χ2v) is 6.22. The fourth-order valence-corrected chi connectivity index (χ4v) is 3.27. The van der Waals surface area contributed by atoms with Gasteiger partial charge in [0, 0.05) is 25.4 Å². The fourth-order valence-electron chi connectivity index (χ4n) is 3.27. The lowest BCUT2D eigenvalue weighted by atomic mass is 10.0. The molecule has 1 aliphatic rings. The average Bonchev–Trinajstić information content (AvgIpc) is 3.17. The summed E-state index contributed by atoms with van der Waals surface area (Å²) in [7, 11) is 1.66. The topological polar surface area (TPSA) is 63.7 Å². The Morgan fingerprint density at radius 3 is 3.04 bits per heavy atom. The van der Waals surface area contributed by atoms with Crippen LogP contribution in [0.15, 0.2) is 42.6 Å². The van der Waals surface area contributed by atoms with Gasteiger partial charge in [-0.15, -0.1) is 0 Å². The minimum absolute atomic E-state index is 0.0508. The number of ether oxygens (including phenoxy) is 2. The number of hydrogen-bond donors (Lipinski definition) is 1. The highest BCUT2D eigenvalue weighted by atomic mass is 16.5. The minimum atomic E-state index is -0.0508. The molecule has 1 aromatic carbocycles. The predicted molar refractivity (Wildman–Crippen MR) is 99.3 cm³/mol. The molecule has 0 saturated carbocycles. The number of aromatic nitrogens is 1. The Balaban J connectivity index is 1.64. The highest BCUT2D eigenvalue weighted by Gasteiger charge is 2.30. The fraction of sp³-hybridized carbons (Fsp3) is 0.400. The quantitative estimate of drug-likeness (QED) is 0.861. The van der Waals surface area contributed by atoms with Gasteiger partial charge in [-0.2, -0.15) is 0 Å². The van der Waals surface area contributed by atoms with Crippen molar-refractivity contribution in [3.8, 4) is 11.6 Å². The maximum atomic E-state index is 12.7. The Hall–Kier alpha value is -2.76. The number of rotatable bonds is 6. The molecule has 6 nitrogen and oxygen atoms in total. The number of urea groups is 1. The third-order valence-corrected chi connectivity index (χ3v) is 4.53. The first-order valence-corrected chi connectivity index (χ1v) is 8.97. The maximum absolute atomic E-state index is 12.7. The monoisotopic (exact) mass is 355 g/mol. The Morgan fingerprint density at radius 1 is 1.35 bits per heavy atom. The molecule has 2 aromatic rings. The van der Waals surface area contributed by atoms with Gasteiger partial charge in [-0.3, -0.25) is 0 Å². The van der Waals surface area contributed by atoms with Crippen LogP contribution in [-0.4, -0.2) is 36.2 Å². The molecule has 0 radical (unpaired) electrons. The first-order valence-electron chi connectivity index (χ1n) is 8.97. The molecular weight excluding hydrogens is 330 g/mol. The molecule has 1 saturated heterocycles. The SMILES string of the molecule is CCOc1cc(CNC(=O)N2CCCC2c2cccc(OC)c2)ccn1. The molecule has 0 spiro atoms. The first kappa shape index (κ1) is 18.0. The summed E-state index contributed by atoms with van der Waals surface area (Å²) in [5, 5.41) is 3.01. The van der Waals surface area contributed by atoms with Crippen LogP contribution in [0.4, 0.5) is 4.79 Å². The Morgan fingerprint density at radius 2 is 2.23 bits per heavy atom. The van der Waals surface area contributed by atoms with Crippen molar-refractivity contribution >= 4 is 6.03 Å². The van der Waals surface area contributed by atoms with Crippen LogP contribution in [0, 0.1) is 0 Å². The highest BCUT2D eigenvalue weighted by Crippen LogP contribution is 2.33. The number of nitrogens with zero attached hydrogens (tertiary/aromatic N) is 2. The molecule has 0 aliphatic carbocycles. The lowest BCUT2D eigenvalue weighted by Gasteiger charge is -2.25. The molecule has 6 heteroatoms. The third kappa shape index (κ3) is 4.25. The lowest BCUT2D eigenvalue weighted by molar-refractivity contribution is 0.192. The van der Waals surface area contributed by atoms with E-state index in [1.165, 1.54) is 0 Å². The van der Waals surface area contributed by atoms with Crippen LogP contribution >= 0.6 is 0 Å². The molecule has 1 N–H and O–H groups in total. The Labute approximate surface area is 154 Å². The summed E-state index contributed by atoms with van der Waals surface area (Å²) in [6.45, 7) is 3.69. The van der Waals surface area contributed by atoms with Crippen LogP contribution in [0.25, 0.3) is 0 Å². The molecular formula is C20H25N3O3. The van der Waals surface area contributed by atoms with Gasteiger partial charge in [0.15, 0.2) is 0 Å². The van der Waals surface area contributed by atoms with E-state index in [4.69, 9.17) is 9.47 Å². The van der Waals surface area contributed by atoms with E-state index in [9.17, 15) is 4.79 Å². The molecule has 1 fully saturated rings. The summed E-state index contributed by atoms with van der Waals surface area (Å²) in [6.07, 6.45) is 3.66. The number of nitrogens with one attached hydrogen (secondary N) is 1. The van der Waals surface area contributed by atoms with Gasteiger partial charge in [-0.05, 0) is 49.1 Å². The lowest BCUT2D eigenvalue weighted by Crippen LogP contribution is -2.39. The van der Waals surface area contributed by atoms with Crippen LogP contribution < -0.4 is 14.8 Å². The number of pyridine rings is 1. The summed E-state index contributed by atoms with van der Waals surface area (Å²) in [5.41, 5.74) is 2.08. The summed E-state index contributed by atoms with van der Waals surface area (Å²) >= 11 is 0. The van der Waals surface area contributed by atoms with Crippen LogP contribution in [-0.2, 0) is 6.54 Å². The standard InChI is InChI=1S/C20H25N3O3/c1-3-26-19-12-15(9-10-21-19)14-22-20(24)23-11-5-8-18(23)16-6-4-7-17(13-16)25-2/h4,6-7,9-10,12-13,18H,3,5,8,11,14H2,1-2H3,(H,22,24). The Bertz CT molecular complexity index is 751. The molecule has 2 amide bonds. The maximum Gasteiger partial charge on any atom is 0.318 e. The highest BCUT2D eigenvalue weighted by molar-refractivity contribution is 5.75. The number of hydrogen-bond acceptors (Lipinski definition) is 4. The van der Waals surface area contributed by atoms with Crippen molar-refractivity contribution in [1.82, 2.24) is 15.2 Å². The molecule has 0 bridgehead atoms. The summed E-state index contributed by atoms with van der Waals surface area (Å²) in [6, 6.07) is 11.7. The minimum Gasteiger partial charge on any atom is -0.497 e. The van der Waals surface area contributed by atoms with Crippen molar-refractivity contribution in [3.05, 3.63) is 53.7 Å². The largest absolute Gasteiger partial charge is 0.497 e. The van der Waals surface area contributed by atoms with Crippen LogP contribution in [0.2, 0.25) is 0 Å². The van der Waals surface area contributed by atoms with Crippen molar-refractivity contribution in [2.75, 3.05) is 20.3 Å². The van der Waals surface area contributed by atoms with Crippen molar-refractivity contribution in [2.24, 2.45) is 0 Å². The molecule has 26 heavy (non-hydrogen) atoms. The Kier molecular flexibility index (Phi) is 5.94. The second-order valence-electron chi connectivity index (χ2n) is 6.22. The van der Waals surface area contributed by atoms with Gasteiger partial charge in [-0.25, -0.2) is 9.78 Å². The van der Waals surface area contributed by atoms with E-state index in [1.54, 1.807) is 13.3 Å². The van der Waals surface area contributed by atoms with E-state index < -0.39 is 0 Å². The van der Waals surface area contributed by atoms with Crippen molar-refractivity contribution < 1.29 is 14.3 Å². The van der Waals surface area contributed by atoms with Gasteiger partial charge in [0.25, 0.3) is 0 Å². The number of methoxy groups -OCH3 is 1. The van der Waals surface area contributed by atoms with Crippen molar-refractivity contribution in [1.29, 1.82) is 0 Å². The number of benzene rings is 1. The van der Waals surface area contributed by atoms with Gasteiger partial charge in [0.2, 0.25) is 5.88 Å². The number of carbonyl (C=O) groups excluding carboxylic acids is 1. The molecule has 1 atom stereocenters. The van der Waals surface area contributed by atoms with Crippen molar-refractivity contribution in [2.45, 2.75) is 32.4 Å². The van der Waals surface area contributed by atoms with E-state index in [0.29, 0.717) is 19.0 Å².